The fourth-order valence-corrected chi connectivity index (χ4v) is 9.08. The smallest absolute Gasteiger partial charge is 1.00 e. The van der Waals surface area contributed by atoms with E-state index in [9.17, 15) is 0 Å². The van der Waals surface area contributed by atoms with Gasteiger partial charge in [-0.25, -0.2) is 0 Å². The third-order valence-corrected chi connectivity index (χ3v) is 10.5. The third kappa shape index (κ3) is 5.05. The maximum absolute atomic E-state index is 2.68. The molecule has 2 aliphatic rings. The molecule has 0 amide bonds. The van der Waals surface area contributed by atoms with Gasteiger partial charge in [-0.05, 0) is 0 Å². The molecule has 0 bridgehead atoms. The second-order valence-corrected chi connectivity index (χ2v) is 11.6. The SMILES string of the molecule is C/C(=[CH]/[Zr+]([C]1=CC=CC1)[C]1=CC=CC1)CC(C)C.[Cl-]. The van der Waals surface area contributed by atoms with Gasteiger partial charge in [-0.15, -0.1) is 0 Å². The summed E-state index contributed by atoms with van der Waals surface area (Å²) in [5, 5.41) is 0. The monoisotopic (exact) mass is 352 g/mol. The summed E-state index contributed by atoms with van der Waals surface area (Å²) < 4.78 is 6.17. The molecule has 0 saturated heterocycles. The molecular formula is C17H23ClZr. The Labute approximate surface area is 132 Å². The fraction of sp³-hybridized carbons (Fsp3) is 0.412. The number of halogens is 1. The van der Waals surface area contributed by atoms with Gasteiger partial charge in [0.25, 0.3) is 0 Å². The topological polar surface area (TPSA) is 0 Å². The zero-order chi connectivity index (χ0) is 13.0. The first-order chi connectivity index (χ1) is 8.66. The largest absolute Gasteiger partial charge is 1.00 e. The van der Waals surface area contributed by atoms with E-state index in [1.165, 1.54) is 19.3 Å². The average molecular weight is 354 g/mol. The minimum absolute atomic E-state index is 0. The molecule has 0 N–H and O–H groups in total. The Balaban J connectivity index is 0.00000180. The molecule has 19 heavy (non-hydrogen) atoms. The minimum atomic E-state index is -1.66. The van der Waals surface area contributed by atoms with Gasteiger partial charge >= 0.3 is 120 Å². The summed E-state index contributed by atoms with van der Waals surface area (Å²) in [6.07, 6.45) is 17.5. The Morgan fingerprint density at radius 3 is 2.05 bits per heavy atom. The maximum atomic E-state index is 2.68. The van der Waals surface area contributed by atoms with Gasteiger partial charge in [0.2, 0.25) is 0 Å². The summed E-state index contributed by atoms with van der Waals surface area (Å²) >= 11 is -1.66. The Hall–Kier alpha value is -0.127. The van der Waals surface area contributed by atoms with E-state index in [1.54, 1.807) is 12.1 Å². The molecule has 0 unspecified atom stereocenters. The molecular weight excluding hydrogens is 331 g/mol. The van der Waals surface area contributed by atoms with E-state index in [1.807, 2.05) is 0 Å². The second-order valence-electron chi connectivity index (χ2n) is 5.65. The average Bonchev–Trinajstić information content (AvgIpc) is 2.98. The molecule has 0 aromatic carbocycles. The third-order valence-electron chi connectivity index (χ3n) is 3.36. The van der Waals surface area contributed by atoms with E-state index in [2.05, 4.69) is 61.0 Å². The molecule has 0 nitrogen and oxygen atoms in total. The van der Waals surface area contributed by atoms with Gasteiger partial charge in [-0.1, -0.05) is 0 Å². The van der Waals surface area contributed by atoms with Crippen molar-refractivity contribution in [1.29, 1.82) is 0 Å². The van der Waals surface area contributed by atoms with Gasteiger partial charge in [0.15, 0.2) is 0 Å². The molecule has 0 fully saturated rings. The first kappa shape index (κ1) is 16.9. The molecule has 0 spiro atoms. The van der Waals surface area contributed by atoms with Crippen LogP contribution in [0, 0.1) is 5.92 Å². The molecule has 0 radical (unpaired) electrons. The number of hydrogen-bond acceptors (Lipinski definition) is 0. The Morgan fingerprint density at radius 2 is 1.68 bits per heavy atom. The predicted octanol–water partition coefficient (Wildman–Crippen LogP) is 2.25. The van der Waals surface area contributed by atoms with Crippen LogP contribution in [0.1, 0.15) is 40.0 Å². The summed E-state index contributed by atoms with van der Waals surface area (Å²) in [5.41, 5.74) is 1.61. The first-order valence-corrected chi connectivity index (χ1v) is 10.8. The van der Waals surface area contributed by atoms with Crippen molar-refractivity contribution >= 4 is 0 Å². The van der Waals surface area contributed by atoms with Crippen molar-refractivity contribution in [3.63, 3.8) is 0 Å². The van der Waals surface area contributed by atoms with Crippen molar-refractivity contribution in [3.05, 3.63) is 52.4 Å². The van der Waals surface area contributed by atoms with Crippen LogP contribution in [-0.4, -0.2) is 0 Å². The molecule has 2 aliphatic carbocycles. The Bertz CT molecular complexity index is 420. The van der Waals surface area contributed by atoms with Crippen molar-refractivity contribution in [2.45, 2.75) is 40.0 Å². The van der Waals surface area contributed by atoms with E-state index >= 15 is 0 Å². The summed E-state index contributed by atoms with van der Waals surface area (Å²) in [7, 11) is 0. The number of allylic oxidation sites excluding steroid dienone is 9. The van der Waals surface area contributed by atoms with Crippen molar-refractivity contribution in [3.8, 4) is 0 Å². The van der Waals surface area contributed by atoms with Crippen LogP contribution in [0.4, 0.5) is 0 Å². The first-order valence-electron chi connectivity index (χ1n) is 6.93. The van der Waals surface area contributed by atoms with E-state index in [0.717, 1.165) is 5.92 Å². The standard InChI is InChI=1S/C7H13.2C5H5.ClH.Zr/c1-6(2)5-7(3)4;2*1-2-4-5-3-1;;/h1,7H,5H2,2-4H3;2*1-3H,4H2;1H;/q;;;;+1/p-1. The zero-order valence-corrected chi connectivity index (χ0v) is 15.3. The molecule has 0 heterocycles. The summed E-state index contributed by atoms with van der Waals surface area (Å²) in [5.74, 6) is 0.775. The van der Waals surface area contributed by atoms with Gasteiger partial charge in [0, 0.05) is 0 Å². The summed E-state index contributed by atoms with van der Waals surface area (Å²) in [6, 6.07) is 0. The summed E-state index contributed by atoms with van der Waals surface area (Å²) in [4.78, 5) is 0. The quantitative estimate of drug-likeness (QED) is 0.711. The van der Waals surface area contributed by atoms with Crippen molar-refractivity contribution in [1.82, 2.24) is 0 Å². The molecule has 102 valence electrons. The molecule has 2 heteroatoms. The number of hydrogen-bond donors (Lipinski definition) is 0. The second kappa shape index (κ2) is 8.22. The van der Waals surface area contributed by atoms with Gasteiger partial charge < -0.3 is 12.4 Å². The summed E-state index contributed by atoms with van der Waals surface area (Å²) in [6.45, 7) is 6.95. The molecule has 0 aromatic rings. The van der Waals surface area contributed by atoms with E-state index < -0.39 is 21.8 Å². The number of rotatable bonds is 5. The van der Waals surface area contributed by atoms with Gasteiger partial charge in [0.05, 0.1) is 0 Å². The Morgan fingerprint density at radius 1 is 1.16 bits per heavy atom. The predicted molar refractivity (Wildman–Crippen MR) is 76.9 cm³/mol. The van der Waals surface area contributed by atoms with Crippen LogP contribution in [-0.2, 0) is 21.8 Å². The van der Waals surface area contributed by atoms with E-state index in [-0.39, 0.29) is 12.4 Å². The van der Waals surface area contributed by atoms with Crippen LogP contribution in [0.15, 0.2) is 52.4 Å². The Kier molecular flexibility index (Phi) is 7.33. The van der Waals surface area contributed by atoms with Crippen LogP contribution in [0.2, 0.25) is 0 Å². The van der Waals surface area contributed by atoms with E-state index in [0.29, 0.717) is 0 Å². The maximum Gasteiger partial charge on any atom is -1.00 e. The molecule has 0 saturated carbocycles. The molecule has 2 rings (SSSR count). The van der Waals surface area contributed by atoms with Gasteiger partial charge in [0.1, 0.15) is 0 Å². The zero-order valence-electron chi connectivity index (χ0n) is 12.1. The molecule has 0 atom stereocenters. The van der Waals surface area contributed by atoms with Crippen molar-refractivity contribution in [2.75, 3.05) is 0 Å². The van der Waals surface area contributed by atoms with Crippen LogP contribution in [0.25, 0.3) is 0 Å². The minimum Gasteiger partial charge on any atom is -1.00 e. The normalized spacial score (nSPS) is 17.6. The van der Waals surface area contributed by atoms with E-state index in [4.69, 9.17) is 0 Å². The van der Waals surface area contributed by atoms with Crippen LogP contribution in [0.3, 0.4) is 0 Å². The van der Waals surface area contributed by atoms with Gasteiger partial charge in [-0.3, -0.25) is 0 Å². The van der Waals surface area contributed by atoms with Crippen LogP contribution < -0.4 is 12.4 Å². The van der Waals surface area contributed by atoms with Crippen LogP contribution >= 0.6 is 0 Å². The van der Waals surface area contributed by atoms with Crippen molar-refractivity contribution in [2.24, 2.45) is 5.92 Å². The van der Waals surface area contributed by atoms with Gasteiger partial charge in [-0.2, -0.15) is 0 Å². The molecule has 0 aliphatic heterocycles. The molecule has 0 aromatic heterocycles. The van der Waals surface area contributed by atoms with Crippen molar-refractivity contribution < 1.29 is 34.2 Å². The van der Waals surface area contributed by atoms with Crippen LogP contribution in [0.5, 0.6) is 0 Å². The fourth-order valence-electron chi connectivity index (χ4n) is 2.63.